The fourth-order valence-electron chi connectivity index (χ4n) is 1.79. The minimum atomic E-state index is 0. The lowest BCUT2D eigenvalue weighted by Gasteiger charge is -2.00. The molecular formula is C20H28ClIO4. The average molecular weight is 495 g/mol. The zero-order valence-electron chi connectivity index (χ0n) is 14.6. The number of ether oxygens (including phenoxy) is 3. The number of alkyl halides is 1. The SMILES string of the molecule is ClCC1CO1.I.OCc1ccccc1.[HH].c1ccc(COCC2CO2)cc1. The third-order valence-corrected chi connectivity index (χ3v) is 3.76. The summed E-state index contributed by atoms with van der Waals surface area (Å²) in [7, 11) is 0. The lowest BCUT2D eigenvalue weighted by Crippen LogP contribution is -2.00. The monoisotopic (exact) mass is 494 g/mol. The van der Waals surface area contributed by atoms with Crippen LogP contribution in [0.2, 0.25) is 0 Å². The van der Waals surface area contributed by atoms with Crippen molar-refractivity contribution in [2.24, 2.45) is 0 Å². The molecule has 2 fully saturated rings. The highest BCUT2D eigenvalue weighted by molar-refractivity contribution is 14.0. The van der Waals surface area contributed by atoms with E-state index in [1.807, 2.05) is 48.5 Å². The second-order valence-electron chi connectivity index (χ2n) is 5.71. The minimum absolute atomic E-state index is 0. The number of aliphatic hydroxyl groups is 1. The number of rotatable bonds is 6. The lowest BCUT2D eigenvalue weighted by atomic mass is 10.2. The first-order valence-electron chi connectivity index (χ1n) is 8.37. The van der Waals surface area contributed by atoms with Crippen molar-refractivity contribution >= 4 is 35.6 Å². The van der Waals surface area contributed by atoms with E-state index in [1.54, 1.807) is 0 Å². The topological polar surface area (TPSA) is 54.5 Å². The Bertz CT molecular complexity index is 569. The van der Waals surface area contributed by atoms with E-state index in [9.17, 15) is 0 Å². The molecule has 2 aromatic rings. The Morgan fingerprint density at radius 3 is 1.77 bits per heavy atom. The molecule has 1 N–H and O–H groups in total. The van der Waals surface area contributed by atoms with Crippen LogP contribution >= 0.6 is 35.6 Å². The number of aliphatic hydroxyl groups excluding tert-OH is 1. The molecule has 0 radical (unpaired) electrons. The van der Waals surface area contributed by atoms with E-state index in [4.69, 9.17) is 30.9 Å². The van der Waals surface area contributed by atoms with Crippen molar-refractivity contribution in [2.45, 2.75) is 25.4 Å². The Kier molecular flexibility index (Phi) is 12.9. The lowest BCUT2D eigenvalue weighted by molar-refractivity contribution is 0.104. The van der Waals surface area contributed by atoms with E-state index in [-0.39, 0.29) is 32.0 Å². The van der Waals surface area contributed by atoms with Crippen LogP contribution in [0.5, 0.6) is 0 Å². The summed E-state index contributed by atoms with van der Waals surface area (Å²) in [4.78, 5) is 0. The Hall–Kier alpha value is -0.700. The molecule has 0 aromatic heterocycles. The Balaban J connectivity index is 0.000000394. The quantitative estimate of drug-likeness (QED) is 0.370. The van der Waals surface area contributed by atoms with Crippen molar-refractivity contribution in [3.63, 3.8) is 0 Å². The van der Waals surface area contributed by atoms with Gasteiger partial charge in [0.15, 0.2) is 0 Å². The van der Waals surface area contributed by atoms with Crippen LogP contribution in [-0.2, 0) is 27.4 Å². The molecule has 0 amide bonds. The van der Waals surface area contributed by atoms with Crippen LogP contribution in [0, 0.1) is 0 Å². The van der Waals surface area contributed by atoms with Crippen LogP contribution in [0.1, 0.15) is 12.6 Å². The van der Waals surface area contributed by atoms with E-state index in [0.717, 1.165) is 25.4 Å². The van der Waals surface area contributed by atoms with Crippen molar-refractivity contribution < 1.29 is 20.7 Å². The van der Waals surface area contributed by atoms with Crippen molar-refractivity contribution in [2.75, 3.05) is 25.7 Å². The van der Waals surface area contributed by atoms with Gasteiger partial charge in [-0.15, -0.1) is 35.6 Å². The molecule has 2 unspecified atom stereocenters. The number of hydrogen-bond donors (Lipinski definition) is 1. The highest BCUT2D eigenvalue weighted by atomic mass is 127. The van der Waals surface area contributed by atoms with Crippen LogP contribution in [0.4, 0.5) is 0 Å². The molecule has 0 spiro atoms. The number of halogens is 2. The first-order chi connectivity index (χ1) is 12.3. The predicted octanol–water partition coefficient (Wildman–Crippen LogP) is 4.27. The molecule has 2 saturated heterocycles. The summed E-state index contributed by atoms with van der Waals surface area (Å²) in [5.74, 6) is 0.667. The summed E-state index contributed by atoms with van der Waals surface area (Å²) < 4.78 is 15.2. The highest BCUT2D eigenvalue weighted by Gasteiger charge is 2.22. The van der Waals surface area contributed by atoms with Crippen LogP contribution < -0.4 is 0 Å². The fourth-order valence-corrected chi connectivity index (χ4v) is 1.97. The standard InChI is InChI=1S/C10H12O2.C7H8O.C3H5ClO.HI.H2/c1-2-4-9(5-3-1)6-11-7-10-8-12-10;8-6-7-4-2-1-3-5-7;4-1-3-2-5-3;;/h1-5,10H,6-8H2;1-5,8H,6H2;3H,1-2H2;2*1H. The van der Waals surface area contributed by atoms with E-state index >= 15 is 0 Å². The zero-order chi connectivity index (χ0) is 17.7. The minimum Gasteiger partial charge on any atom is -0.392 e. The Morgan fingerprint density at radius 1 is 0.923 bits per heavy atom. The van der Waals surface area contributed by atoms with E-state index in [2.05, 4.69) is 12.1 Å². The summed E-state index contributed by atoms with van der Waals surface area (Å²) in [5.41, 5.74) is 2.19. The third-order valence-electron chi connectivity index (χ3n) is 3.42. The van der Waals surface area contributed by atoms with Gasteiger partial charge in [-0.3, -0.25) is 0 Å². The second kappa shape index (κ2) is 14.4. The summed E-state index contributed by atoms with van der Waals surface area (Å²) in [5, 5.41) is 8.54. The van der Waals surface area contributed by atoms with Crippen LogP contribution in [0.15, 0.2) is 60.7 Å². The molecule has 4 rings (SSSR count). The molecule has 0 aliphatic carbocycles. The summed E-state index contributed by atoms with van der Waals surface area (Å²) in [6, 6.07) is 19.7. The maximum absolute atomic E-state index is 8.54. The van der Waals surface area contributed by atoms with Crippen LogP contribution in [-0.4, -0.2) is 43.0 Å². The molecule has 2 atom stereocenters. The van der Waals surface area contributed by atoms with Gasteiger partial charge in [-0.05, 0) is 11.1 Å². The molecule has 0 bridgehead atoms. The maximum atomic E-state index is 8.54. The molecule has 2 aromatic carbocycles. The van der Waals surface area contributed by atoms with E-state index in [1.165, 1.54) is 5.56 Å². The van der Waals surface area contributed by atoms with Gasteiger partial charge in [0.25, 0.3) is 0 Å². The first-order valence-corrected chi connectivity index (χ1v) is 8.91. The number of epoxide rings is 2. The van der Waals surface area contributed by atoms with Gasteiger partial charge < -0.3 is 19.3 Å². The summed E-state index contributed by atoms with van der Waals surface area (Å²) in [6.45, 7) is 3.31. The maximum Gasteiger partial charge on any atom is 0.104 e. The van der Waals surface area contributed by atoms with Crippen molar-refractivity contribution in [1.82, 2.24) is 0 Å². The van der Waals surface area contributed by atoms with Gasteiger partial charge in [0, 0.05) is 1.43 Å². The Morgan fingerprint density at radius 2 is 1.42 bits per heavy atom. The van der Waals surface area contributed by atoms with Gasteiger partial charge >= 0.3 is 0 Å². The molecule has 146 valence electrons. The van der Waals surface area contributed by atoms with Gasteiger partial charge in [-0.25, -0.2) is 0 Å². The van der Waals surface area contributed by atoms with Gasteiger partial charge in [0.05, 0.1) is 45.0 Å². The van der Waals surface area contributed by atoms with Crippen molar-refractivity contribution in [3.8, 4) is 0 Å². The molecule has 2 aliphatic heterocycles. The molecule has 6 heteroatoms. The van der Waals surface area contributed by atoms with Crippen molar-refractivity contribution in [1.29, 1.82) is 0 Å². The third kappa shape index (κ3) is 11.8. The summed E-state index contributed by atoms with van der Waals surface area (Å²) >= 11 is 5.27. The first kappa shape index (κ1) is 23.3. The zero-order valence-corrected chi connectivity index (χ0v) is 17.7. The molecule has 2 aliphatic rings. The van der Waals surface area contributed by atoms with E-state index < -0.39 is 0 Å². The number of benzene rings is 2. The normalized spacial score (nSPS) is 19.0. The molecule has 2 heterocycles. The molecule has 26 heavy (non-hydrogen) atoms. The summed E-state index contributed by atoms with van der Waals surface area (Å²) in [6.07, 6.45) is 0.769. The average Bonchev–Trinajstić information content (AvgIpc) is 3.59. The van der Waals surface area contributed by atoms with E-state index in [0.29, 0.717) is 24.7 Å². The Labute approximate surface area is 178 Å². The largest absolute Gasteiger partial charge is 0.392 e. The van der Waals surface area contributed by atoms with Crippen LogP contribution in [0.3, 0.4) is 0 Å². The van der Waals surface area contributed by atoms with Crippen molar-refractivity contribution in [3.05, 3.63) is 71.8 Å². The molecule has 4 nitrogen and oxygen atoms in total. The smallest absolute Gasteiger partial charge is 0.104 e. The van der Waals surface area contributed by atoms with Gasteiger partial charge in [0.1, 0.15) is 6.10 Å². The van der Waals surface area contributed by atoms with Gasteiger partial charge in [-0.1, -0.05) is 60.7 Å². The molecule has 0 saturated carbocycles. The highest BCUT2D eigenvalue weighted by Crippen LogP contribution is 2.10. The predicted molar refractivity (Wildman–Crippen MR) is 116 cm³/mol. The number of hydrogen-bond acceptors (Lipinski definition) is 4. The fraction of sp³-hybridized carbons (Fsp3) is 0.400. The van der Waals surface area contributed by atoms with Gasteiger partial charge in [0.2, 0.25) is 0 Å². The second-order valence-corrected chi connectivity index (χ2v) is 6.02. The van der Waals surface area contributed by atoms with Crippen LogP contribution in [0.25, 0.3) is 0 Å². The molecular weight excluding hydrogens is 467 g/mol. The van der Waals surface area contributed by atoms with Gasteiger partial charge in [-0.2, -0.15) is 0 Å².